The summed E-state index contributed by atoms with van der Waals surface area (Å²) in [6.45, 7) is 6.43. The van der Waals surface area contributed by atoms with Crippen LogP contribution < -0.4 is 5.32 Å². The van der Waals surface area contributed by atoms with E-state index in [1.165, 1.54) is 6.07 Å². The molecule has 2 N–H and O–H groups in total. The number of halogens is 3. The van der Waals surface area contributed by atoms with Crippen molar-refractivity contribution in [1.29, 1.82) is 0 Å². The van der Waals surface area contributed by atoms with Crippen LogP contribution in [0.4, 0.5) is 19.0 Å². The van der Waals surface area contributed by atoms with Crippen LogP contribution in [0.15, 0.2) is 12.1 Å². The molecule has 5 nitrogen and oxygen atoms in total. The van der Waals surface area contributed by atoms with E-state index in [2.05, 4.69) is 15.5 Å². The highest BCUT2D eigenvalue weighted by Crippen LogP contribution is 2.51. The molecule has 0 saturated heterocycles. The Bertz CT molecular complexity index is 519. The van der Waals surface area contributed by atoms with Gasteiger partial charge in [0.05, 0.1) is 11.7 Å². The van der Waals surface area contributed by atoms with Crippen molar-refractivity contribution in [2.45, 2.75) is 45.1 Å². The molecule has 1 heterocycles. The van der Waals surface area contributed by atoms with Gasteiger partial charge in [0, 0.05) is 25.0 Å². The predicted octanol–water partition coefficient (Wildman–Crippen LogP) is 2.47. The van der Waals surface area contributed by atoms with E-state index in [1.807, 2.05) is 20.8 Å². The molecule has 0 spiro atoms. The first-order valence-corrected chi connectivity index (χ1v) is 7.09. The Balaban J connectivity index is 1.96. The Kier molecular flexibility index (Phi) is 4.36. The summed E-state index contributed by atoms with van der Waals surface area (Å²) in [6, 6.07) is 2.05. The molecule has 1 aromatic heterocycles. The Morgan fingerprint density at radius 1 is 1.36 bits per heavy atom. The number of alkyl halides is 3. The second kappa shape index (κ2) is 5.66. The number of rotatable bonds is 5. The smallest absolute Gasteiger partial charge is 0.387 e. The normalized spacial score (nSPS) is 27.3. The first-order valence-electron chi connectivity index (χ1n) is 7.09. The fourth-order valence-electron chi connectivity index (χ4n) is 2.58. The van der Waals surface area contributed by atoms with E-state index in [9.17, 15) is 18.3 Å². The van der Waals surface area contributed by atoms with Gasteiger partial charge in [0.1, 0.15) is 5.82 Å². The number of nitrogens with zero attached hydrogens (tertiary/aromatic N) is 2. The Labute approximate surface area is 126 Å². The molecular formula is C14H20F3N3O2. The van der Waals surface area contributed by atoms with Crippen LogP contribution in [-0.4, -0.2) is 40.2 Å². The van der Waals surface area contributed by atoms with E-state index in [0.29, 0.717) is 13.0 Å². The minimum Gasteiger partial charge on any atom is -0.387 e. The molecule has 1 fully saturated rings. The Morgan fingerprint density at radius 3 is 2.50 bits per heavy atom. The fraction of sp³-hybridized carbons (Fsp3) is 0.714. The van der Waals surface area contributed by atoms with Gasteiger partial charge in [-0.15, -0.1) is 10.2 Å². The second-order valence-electron chi connectivity index (χ2n) is 6.06. The number of nitrogens with one attached hydrogen (secondary N) is 1. The first kappa shape index (κ1) is 17.0. The van der Waals surface area contributed by atoms with Gasteiger partial charge in [-0.1, -0.05) is 13.8 Å². The topological polar surface area (TPSA) is 67.3 Å². The quantitative estimate of drug-likeness (QED) is 0.873. The summed E-state index contributed by atoms with van der Waals surface area (Å²) in [6.07, 6.45) is -4.08. The monoisotopic (exact) mass is 319 g/mol. The molecule has 22 heavy (non-hydrogen) atoms. The average Bonchev–Trinajstić information content (AvgIpc) is 2.44. The van der Waals surface area contributed by atoms with E-state index in [1.54, 1.807) is 0 Å². The van der Waals surface area contributed by atoms with Gasteiger partial charge in [-0.3, -0.25) is 0 Å². The molecule has 0 amide bonds. The lowest BCUT2D eigenvalue weighted by Gasteiger charge is -2.58. The predicted molar refractivity (Wildman–Crippen MR) is 74.3 cm³/mol. The highest BCUT2D eigenvalue weighted by molar-refractivity contribution is 5.35. The van der Waals surface area contributed by atoms with Crippen LogP contribution >= 0.6 is 0 Å². The van der Waals surface area contributed by atoms with Crippen molar-refractivity contribution < 1.29 is 23.0 Å². The number of hydrogen-bond acceptors (Lipinski definition) is 5. The van der Waals surface area contributed by atoms with Gasteiger partial charge in [0.15, 0.2) is 5.69 Å². The minimum atomic E-state index is -4.51. The maximum absolute atomic E-state index is 12.4. The summed E-state index contributed by atoms with van der Waals surface area (Å²) >= 11 is 0. The minimum absolute atomic E-state index is 0.0389. The van der Waals surface area contributed by atoms with Gasteiger partial charge in [0.25, 0.3) is 0 Å². The van der Waals surface area contributed by atoms with Gasteiger partial charge < -0.3 is 15.2 Å². The van der Waals surface area contributed by atoms with Crippen molar-refractivity contribution >= 4 is 5.82 Å². The molecule has 124 valence electrons. The molecule has 0 aromatic carbocycles. The van der Waals surface area contributed by atoms with Gasteiger partial charge in [-0.25, -0.2) is 0 Å². The summed E-state index contributed by atoms with van der Waals surface area (Å²) in [5.74, 6) is 0.192. The van der Waals surface area contributed by atoms with Crippen molar-refractivity contribution in [3.05, 3.63) is 17.8 Å². The van der Waals surface area contributed by atoms with Crippen molar-refractivity contribution in [2.75, 3.05) is 18.5 Å². The van der Waals surface area contributed by atoms with Gasteiger partial charge in [-0.05, 0) is 19.1 Å². The molecule has 8 heteroatoms. The highest BCUT2D eigenvalue weighted by atomic mass is 19.4. The molecule has 1 aliphatic rings. The van der Waals surface area contributed by atoms with E-state index in [0.717, 1.165) is 6.07 Å². The van der Waals surface area contributed by atoms with Gasteiger partial charge in [0.2, 0.25) is 0 Å². The molecule has 1 aromatic rings. The number of anilines is 1. The SMILES string of the molecule is CCOC1CC(O)(CNc2ccc(C(F)(F)F)nn2)C1(C)C. The molecule has 0 aliphatic heterocycles. The summed E-state index contributed by atoms with van der Waals surface area (Å²) in [7, 11) is 0. The lowest BCUT2D eigenvalue weighted by molar-refractivity contribution is -0.233. The Hall–Kier alpha value is -1.41. The zero-order valence-corrected chi connectivity index (χ0v) is 12.7. The molecule has 2 atom stereocenters. The summed E-state index contributed by atoms with van der Waals surface area (Å²) < 4.78 is 42.7. The van der Waals surface area contributed by atoms with Crippen LogP contribution in [0.5, 0.6) is 0 Å². The van der Waals surface area contributed by atoms with Crippen molar-refractivity contribution in [3.63, 3.8) is 0 Å². The van der Waals surface area contributed by atoms with Crippen LogP contribution in [0.3, 0.4) is 0 Å². The van der Waals surface area contributed by atoms with Crippen LogP contribution in [0.25, 0.3) is 0 Å². The average molecular weight is 319 g/mol. The lowest BCUT2D eigenvalue weighted by Crippen LogP contribution is -2.67. The second-order valence-corrected chi connectivity index (χ2v) is 6.06. The number of aromatic nitrogens is 2. The summed E-state index contributed by atoms with van der Waals surface area (Å²) in [5, 5.41) is 20.1. The third kappa shape index (κ3) is 3.03. The maximum Gasteiger partial charge on any atom is 0.435 e. The molecule has 1 saturated carbocycles. The highest BCUT2D eigenvalue weighted by Gasteiger charge is 2.59. The Morgan fingerprint density at radius 2 is 2.05 bits per heavy atom. The van der Waals surface area contributed by atoms with Crippen LogP contribution in [0, 0.1) is 5.41 Å². The third-order valence-corrected chi connectivity index (χ3v) is 4.41. The first-order chi connectivity index (χ1) is 10.1. The van der Waals surface area contributed by atoms with Crippen LogP contribution in [0.2, 0.25) is 0 Å². The van der Waals surface area contributed by atoms with Crippen LogP contribution in [0.1, 0.15) is 32.9 Å². The summed E-state index contributed by atoms with van der Waals surface area (Å²) in [4.78, 5) is 0. The lowest BCUT2D eigenvalue weighted by atomic mass is 9.56. The maximum atomic E-state index is 12.4. The van der Waals surface area contributed by atoms with Crippen LogP contribution in [-0.2, 0) is 10.9 Å². The zero-order chi connectivity index (χ0) is 16.6. The number of hydrogen-bond donors (Lipinski definition) is 2. The number of ether oxygens (including phenoxy) is 1. The zero-order valence-electron chi connectivity index (χ0n) is 12.7. The molecule has 0 radical (unpaired) electrons. The molecule has 2 rings (SSSR count). The van der Waals surface area contributed by atoms with E-state index in [4.69, 9.17) is 4.74 Å². The summed E-state index contributed by atoms with van der Waals surface area (Å²) in [5.41, 5.74) is -2.50. The van der Waals surface area contributed by atoms with Crippen molar-refractivity contribution in [1.82, 2.24) is 10.2 Å². The van der Waals surface area contributed by atoms with Crippen molar-refractivity contribution in [3.8, 4) is 0 Å². The fourth-order valence-corrected chi connectivity index (χ4v) is 2.58. The van der Waals surface area contributed by atoms with Crippen molar-refractivity contribution in [2.24, 2.45) is 5.41 Å². The van der Waals surface area contributed by atoms with Gasteiger partial charge in [-0.2, -0.15) is 13.2 Å². The largest absolute Gasteiger partial charge is 0.435 e. The molecule has 2 unspecified atom stereocenters. The van der Waals surface area contributed by atoms with E-state index in [-0.39, 0.29) is 18.5 Å². The standard InChI is InChI=1S/C14H20F3N3O2/c1-4-22-10-7-13(21,12(10,2)3)8-18-11-6-5-9(19-20-11)14(15,16)17/h5-6,10,21H,4,7-8H2,1-3H3,(H,18,20). The van der Waals surface area contributed by atoms with E-state index < -0.39 is 22.9 Å². The van der Waals surface area contributed by atoms with E-state index >= 15 is 0 Å². The molecule has 1 aliphatic carbocycles. The number of aliphatic hydroxyl groups is 1. The molecular weight excluding hydrogens is 299 g/mol. The third-order valence-electron chi connectivity index (χ3n) is 4.41. The molecule has 0 bridgehead atoms. The van der Waals surface area contributed by atoms with Gasteiger partial charge >= 0.3 is 6.18 Å².